The van der Waals surface area contributed by atoms with Crippen molar-refractivity contribution in [3.05, 3.63) is 11.1 Å². The van der Waals surface area contributed by atoms with Crippen molar-refractivity contribution in [2.24, 2.45) is 0 Å². The van der Waals surface area contributed by atoms with E-state index in [1.807, 2.05) is 0 Å². The maximum Gasteiger partial charge on any atom is 0.261 e. The predicted molar refractivity (Wildman–Crippen MR) is 62.8 cm³/mol. The van der Waals surface area contributed by atoms with Crippen LogP contribution >= 0.6 is 11.3 Å². The summed E-state index contributed by atoms with van der Waals surface area (Å²) in [6.45, 7) is 0.834. The summed E-state index contributed by atoms with van der Waals surface area (Å²) in [6, 6.07) is 0. The fraction of sp³-hybridized carbons (Fsp3) is 0.600. The molecule has 0 bridgehead atoms. The molecular weight excluding hydrogens is 266 g/mol. The number of aliphatic hydroxyl groups is 1. The summed E-state index contributed by atoms with van der Waals surface area (Å²) in [5, 5.41) is 13.7. The van der Waals surface area contributed by atoms with Crippen molar-refractivity contribution in [3.63, 3.8) is 0 Å². The van der Waals surface area contributed by atoms with Crippen LogP contribution in [-0.4, -0.2) is 35.6 Å². The van der Waals surface area contributed by atoms with Crippen LogP contribution in [0.2, 0.25) is 0 Å². The van der Waals surface area contributed by atoms with E-state index >= 15 is 0 Å². The topological polar surface area (TPSA) is 71.5 Å². The number of alkyl halides is 2. The number of carbonyl (C=O) groups excluding carboxylic acids is 1. The molecule has 1 unspecified atom stereocenters. The molecule has 0 aliphatic rings. The maximum absolute atomic E-state index is 11.7. The number of hydrogen-bond acceptors (Lipinski definition) is 5. The first kappa shape index (κ1) is 14.9. The largest absolute Gasteiger partial charge is 0.387 e. The van der Waals surface area contributed by atoms with Gasteiger partial charge in [-0.05, 0) is 6.92 Å². The molecule has 1 atom stereocenters. The lowest BCUT2D eigenvalue weighted by Crippen LogP contribution is -2.15. The van der Waals surface area contributed by atoms with Gasteiger partial charge in [0.15, 0.2) is 5.13 Å². The zero-order chi connectivity index (χ0) is 13.5. The zero-order valence-corrected chi connectivity index (χ0v) is 10.5. The van der Waals surface area contributed by atoms with Crippen molar-refractivity contribution in [2.45, 2.75) is 25.9 Å². The van der Waals surface area contributed by atoms with E-state index in [-0.39, 0.29) is 18.9 Å². The minimum atomic E-state index is -2.53. The van der Waals surface area contributed by atoms with Gasteiger partial charge in [-0.15, -0.1) is 11.3 Å². The van der Waals surface area contributed by atoms with E-state index < -0.39 is 19.1 Å². The van der Waals surface area contributed by atoms with Crippen LogP contribution < -0.4 is 5.32 Å². The number of nitrogens with zero attached hydrogens (tertiary/aromatic N) is 1. The van der Waals surface area contributed by atoms with Gasteiger partial charge >= 0.3 is 0 Å². The Morgan fingerprint density at radius 2 is 2.39 bits per heavy atom. The number of rotatable bonds is 7. The number of aromatic nitrogens is 1. The highest BCUT2D eigenvalue weighted by Gasteiger charge is 2.10. The summed E-state index contributed by atoms with van der Waals surface area (Å²) in [4.78, 5) is 15.3. The number of halogens is 2. The predicted octanol–water partition coefficient (Wildman–Crippen LogP) is 1.81. The third kappa shape index (κ3) is 5.48. The summed E-state index contributed by atoms with van der Waals surface area (Å²) in [7, 11) is 0. The van der Waals surface area contributed by atoms with Gasteiger partial charge in [-0.1, -0.05) is 0 Å². The molecule has 0 fully saturated rings. The van der Waals surface area contributed by atoms with Crippen molar-refractivity contribution in [1.29, 1.82) is 0 Å². The highest BCUT2D eigenvalue weighted by molar-refractivity contribution is 7.13. The molecule has 1 rings (SSSR count). The van der Waals surface area contributed by atoms with Crippen LogP contribution in [0.25, 0.3) is 0 Å². The van der Waals surface area contributed by atoms with Crippen LogP contribution in [0.15, 0.2) is 5.38 Å². The molecule has 1 amide bonds. The molecule has 0 aliphatic carbocycles. The minimum Gasteiger partial charge on any atom is -0.387 e. The van der Waals surface area contributed by atoms with Crippen LogP contribution in [0.4, 0.5) is 13.9 Å². The van der Waals surface area contributed by atoms with E-state index in [1.54, 1.807) is 12.3 Å². The molecule has 1 aromatic heterocycles. The Morgan fingerprint density at radius 3 is 2.94 bits per heavy atom. The molecule has 0 radical (unpaired) electrons. The molecule has 102 valence electrons. The van der Waals surface area contributed by atoms with Crippen LogP contribution in [0.1, 0.15) is 25.1 Å². The number of anilines is 1. The first-order chi connectivity index (χ1) is 8.49. The summed E-state index contributed by atoms with van der Waals surface area (Å²) < 4.78 is 28.0. The number of nitrogens with one attached hydrogen (secondary N) is 1. The van der Waals surface area contributed by atoms with Gasteiger partial charge in [0, 0.05) is 5.38 Å². The van der Waals surface area contributed by atoms with Crippen molar-refractivity contribution >= 4 is 22.4 Å². The van der Waals surface area contributed by atoms with Gasteiger partial charge in [-0.3, -0.25) is 4.79 Å². The van der Waals surface area contributed by atoms with Crippen LogP contribution in [0.3, 0.4) is 0 Å². The normalized spacial score (nSPS) is 12.7. The Morgan fingerprint density at radius 1 is 1.67 bits per heavy atom. The van der Waals surface area contributed by atoms with E-state index in [4.69, 9.17) is 0 Å². The van der Waals surface area contributed by atoms with Gasteiger partial charge in [-0.2, -0.15) is 0 Å². The van der Waals surface area contributed by atoms with Crippen LogP contribution in [-0.2, 0) is 9.53 Å². The van der Waals surface area contributed by atoms with Crippen LogP contribution in [0.5, 0.6) is 0 Å². The number of hydrogen-bond donors (Lipinski definition) is 2. The Bertz CT molecular complexity index is 385. The van der Waals surface area contributed by atoms with E-state index in [0.717, 1.165) is 0 Å². The first-order valence-electron chi connectivity index (χ1n) is 5.28. The van der Waals surface area contributed by atoms with Gasteiger partial charge in [0.1, 0.15) is 6.61 Å². The SMILES string of the molecule is CC(O)c1csc(NC(=O)CCOCC(F)F)n1. The van der Waals surface area contributed by atoms with Crippen molar-refractivity contribution < 1.29 is 23.4 Å². The quantitative estimate of drug-likeness (QED) is 0.747. The Balaban J connectivity index is 2.26. The van der Waals surface area contributed by atoms with Gasteiger partial charge < -0.3 is 15.2 Å². The highest BCUT2D eigenvalue weighted by atomic mass is 32.1. The van der Waals surface area contributed by atoms with Crippen molar-refractivity contribution in [2.75, 3.05) is 18.5 Å². The number of amides is 1. The number of aliphatic hydroxyl groups excluding tert-OH is 1. The molecule has 5 nitrogen and oxygen atoms in total. The fourth-order valence-corrected chi connectivity index (χ4v) is 1.87. The molecule has 2 N–H and O–H groups in total. The summed E-state index contributed by atoms with van der Waals surface area (Å²) in [6.07, 6.45) is -3.24. The minimum absolute atomic E-state index is 0.0175. The Kier molecular flexibility index (Phi) is 6.10. The molecule has 18 heavy (non-hydrogen) atoms. The van der Waals surface area contributed by atoms with Gasteiger partial charge in [0.2, 0.25) is 5.91 Å². The highest BCUT2D eigenvalue weighted by Crippen LogP contribution is 2.20. The second-order valence-corrected chi connectivity index (χ2v) is 4.38. The fourth-order valence-electron chi connectivity index (χ4n) is 1.05. The van der Waals surface area contributed by atoms with E-state index in [0.29, 0.717) is 10.8 Å². The van der Waals surface area contributed by atoms with Crippen molar-refractivity contribution in [1.82, 2.24) is 4.98 Å². The molecule has 0 saturated heterocycles. The smallest absolute Gasteiger partial charge is 0.261 e. The molecule has 1 heterocycles. The monoisotopic (exact) mass is 280 g/mol. The molecular formula is C10H14F2N2O3S. The molecule has 0 spiro atoms. The lowest BCUT2D eigenvalue weighted by Gasteiger charge is -2.03. The summed E-state index contributed by atoms with van der Waals surface area (Å²) >= 11 is 1.19. The Hall–Kier alpha value is -1.12. The summed E-state index contributed by atoms with van der Waals surface area (Å²) in [5.41, 5.74) is 0.476. The second kappa shape index (κ2) is 7.34. The number of thiazole rings is 1. The standard InChI is InChI=1S/C10H14F2N2O3S/c1-6(15)7-5-18-10(13-7)14-9(16)2-3-17-4-8(11)12/h5-6,8,15H,2-4H2,1H3,(H,13,14,16). The molecule has 0 saturated carbocycles. The molecule has 0 aliphatic heterocycles. The van der Waals surface area contributed by atoms with Crippen molar-refractivity contribution in [3.8, 4) is 0 Å². The third-order valence-electron chi connectivity index (χ3n) is 1.91. The average Bonchev–Trinajstić information content (AvgIpc) is 2.72. The molecule has 8 heteroatoms. The Labute approximate surface area is 107 Å². The lowest BCUT2D eigenvalue weighted by atomic mass is 10.3. The first-order valence-corrected chi connectivity index (χ1v) is 6.16. The average molecular weight is 280 g/mol. The maximum atomic E-state index is 11.7. The van der Waals surface area contributed by atoms with Gasteiger partial charge in [0.05, 0.1) is 24.8 Å². The molecule has 1 aromatic rings. The van der Waals surface area contributed by atoms with Gasteiger partial charge in [0.25, 0.3) is 6.43 Å². The number of ether oxygens (including phenoxy) is 1. The second-order valence-electron chi connectivity index (χ2n) is 3.52. The van der Waals surface area contributed by atoms with E-state index in [9.17, 15) is 18.7 Å². The van der Waals surface area contributed by atoms with E-state index in [1.165, 1.54) is 11.3 Å². The molecule has 0 aromatic carbocycles. The van der Waals surface area contributed by atoms with Crippen LogP contribution in [0, 0.1) is 0 Å². The summed E-state index contributed by atoms with van der Waals surface area (Å²) in [5.74, 6) is -0.365. The zero-order valence-electron chi connectivity index (χ0n) is 9.73. The van der Waals surface area contributed by atoms with Gasteiger partial charge in [-0.25, -0.2) is 13.8 Å². The third-order valence-corrected chi connectivity index (χ3v) is 2.69. The lowest BCUT2D eigenvalue weighted by molar-refractivity contribution is -0.117. The van der Waals surface area contributed by atoms with E-state index in [2.05, 4.69) is 15.0 Å². The number of carbonyl (C=O) groups is 1.